The molecule has 1 unspecified atom stereocenters. The van der Waals surface area contributed by atoms with Crippen LogP contribution in [0.4, 0.5) is 0 Å². The van der Waals surface area contributed by atoms with Gasteiger partial charge in [-0.1, -0.05) is 41.4 Å². The van der Waals surface area contributed by atoms with Gasteiger partial charge in [-0.05, 0) is 35.4 Å². The summed E-state index contributed by atoms with van der Waals surface area (Å²) in [7, 11) is 0. The molecule has 0 radical (unpaired) electrons. The highest BCUT2D eigenvalue weighted by Crippen LogP contribution is 2.42. The van der Waals surface area contributed by atoms with Crippen LogP contribution in [0.5, 0.6) is 0 Å². The van der Waals surface area contributed by atoms with Gasteiger partial charge in [0, 0.05) is 27.1 Å². The Morgan fingerprint density at radius 3 is 2.30 bits per heavy atom. The number of rotatable bonds is 1. The van der Waals surface area contributed by atoms with Crippen molar-refractivity contribution in [3.8, 4) is 0 Å². The third kappa shape index (κ3) is 2.01. The van der Waals surface area contributed by atoms with Crippen molar-refractivity contribution in [3.63, 3.8) is 0 Å². The molecule has 1 atom stereocenters. The zero-order valence-electron chi connectivity index (χ0n) is 10.3. The number of Topliss-reactive ketones (excluding diaryl/α,β-unsaturated/α-hetero) is 1. The standard InChI is InChI=1S/C16H10Cl2O2/c17-10-3-1-9(2-4-10)15-12-6-5-11(18)7-13(12)16(20)14(15)8-19/h1-8,15,19H/b14-8+. The number of carbonyl (C=O) groups excluding carboxylic acids is 1. The lowest BCUT2D eigenvalue weighted by atomic mass is 9.90. The molecule has 1 N–H and O–H groups in total. The molecule has 0 saturated carbocycles. The van der Waals surface area contributed by atoms with Gasteiger partial charge in [-0.25, -0.2) is 0 Å². The molecule has 0 bridgehead atoms. The molecule has 2 nitrogen and oxygen atoms in total. The normalized spacial score (nSPS) is 19.4. The maximum atomic E-state index is 12.3. The molecule has 1 aliphatic carbocycles. The number of allylic oxidation sites excluding steroid dienone is 1. The van der Waals surface area contributed by atoms with Crippen LogP contribution in [0.25, 0.3) is 0 Å². The Morgan fingerprint density at radius 2 is 1.65 bits per heavy atom. The first-order chi connectivity index (χ1) is 9.61. The smallest absolute Gasteiger partial charge is 0.193 e. The summed E-state index contributed by atoms with van der Waals surface area (Å²) in [6.07, 6.45) is 0.884. The Morgan fingerprint density at radius 1 is 1.00 bits per heavy atom. The van der Waals surface area contributed by atoms with E-state index >= 15 is 0 Å². The Kier molecular flexibility index (Phi) is 3.28. The predicted octanol–water partition coefficient (Wildman–Crippen LogP) is 4.76. The van der Waals surface area contributed by atoms with Crippen LogP contribution in [-0.2, 0) is 0 Å². The molecule has 2 aromatic rings. The number of hydrogen-bond donors (Lipinski definition) is 1. The van der Waals surface area contributed by atoms with E-state index < -0.39 is 0 Å². The lowest BCUT2D eigenvalue weighted by molar-refractivity contribution is 0.103. The number of aliphatic hydroxyl groups is 1. The van der Waals surface area contributed by atoms with Crippen LogP contribution in [0, 0.1) is 0 Å². The minimum absolute atomic E-state index is 0.190. The average molecular weight is 305 g/mol. The molecule has 100 valence electrons. The molecular weight excluding hydrogens is 295 g/mol. The van der Waals surface area contributed by atoms with Crippen molar-refractivity contribution in [2.24, 2.45) is 0 Å². The van der Waals surface area contributed by atoms with Crippen molar-refractivity contribution in [1.29, 1.82) is 0 Å². The number of hydrogen-bond acceptors (Lipinski definition) is 2. The second kappa shape index (κ2) is 4.97. The van der Waals surface area contributed by atoms with E-state index in [4.69, 9.17) is 23.2 Å². The molecule has 4 heteroatoms. The number of aliphatic hydroxyl groups excluding tert-OH is 1. The Labute approximate surface area is 126 Å². The third-order valence-electron chi connectivity index (χ3n) is 3.49. The Hall–Kier alpha value is -1.77. The minimum Gasteiger partial charge on any atom is -0.515 e. The van der Waals surface area contributed by atoms with E-state index in [2.05, 4.69) is 0 Å². The zero-order chi connectivity index (χ0) is 14.3. The van der Waals surface area contributed by atoms with Crippen LogP contribution < -0.4 is 0 Å². The van der Waals surface area contributed by atoms with Gasteiger partial charge in [0.1, 0.15) is 0 Å². The summed E-state index contributed by atoms with van der Waals surface area (Å²) in [5.74, 6) is -0.470. The maximum absolute atomic E-state index is 12.3. The fourth-order valence-corrected chi connectivity index (χ4v) is 2.88. The highest BCUT2D eigenvalue weighted by atomic mass is 35.5. The number of carbonyl (C=O) groups is 1. The first-order valence-corrected chi connectivity index (χ1v) is 6.81. The quantitative estimate of drug-likeness (QED) is 0.609. The topological polar surface area (TPSA) is 37.3 Å². The highest BCUT2D eigenvalue weighted by molar-refractivity contribution is 6.31. The van der Waals surface area contributed by atoms with E-state index in [1.54, 1.807) is 24.3 Å². The summed E-state index contributed by atoms with van der Waals surface area (Å²) in [5.41, 5.74) is 2.65. The van der Waals surface area contributed by atoms with Crippen LogP contribution >= 0.6 is 23.2 Å². The van der Waals surface area contributed by atoms with E-state index in [-0.39, 0.29) is 11.7 Å². The summed E-state index contributed by atoms with van der Waals surface area (Å²) >= 11 is 11.8. The van der Waals surface area contributed by atoms with E-state index in [1.807, 2.05) is 18.2 Å². The number of benzene rings is 2. The van der Waals surface area contributed by atoms with Crippen molar-refractivity contribution in [1.82, 2.24) is 0 Å². The fourth-order valence-electron chi connectivity index (χ4n) is 2.58. The second-order valence-electron chi connectivity index (χ2n) is 4.63. The maximum Gasteiger partial charge on any atom is 0.193 e. The van der Waals surface area contributed by atoms with Gasteiger partial charge in [0.15, 0.2) is 5.78 Å². The van der Waals surface area contributed by atoms with E-state index in [1.165, 1.54) is 0 Å². The lowest BCUT2D eigenvalue weighted by Crippen LogP contribution is -2.02. The summed E-state index contributed by atoms with van der Waals surface area (Å²) in [6, 6.07) is 12.5. The predicted molar refractivity (Wildman–Crippen MR) is 79.8 cm³/mol. The van der Waals surface area contributed by atoms with Crippen molar-refractivity contribution in [2.75, 3.05) is 0 Å². The van der Waals surface area contributed by atoms with Gasteiger partial charge in [0.25, 0.3) is 0 Å². The van der Waals surface area contributed by atoms with E-state index in [0.717, 1.165) is 17.4 Å². The monoisotopic (exact) mass is 304 g/mol. The van der Waals surface area contributed by atoms with Gasteiger partial charge < -0.3 is 5.11 Å². The number of fused-ring (bicyclic) bond motifs is 1. The van der Waals surface area contributed by atoms with E-state index in [9.17, 15) is 9.90 Å². The van der Waals surface area contributed by atoms with Gasteiger partial charge in [-0.15, -0.1) is 0 Å². The van der Waals surface area contributed by atoms with Gasteiger partial charge in [0.2, 0.25) is 0 Å². The van der Waals surface area contributed by atoms with Crippen LogP contribution in [0.2, 0.25) is 10.0 Å². The molecule has 0 aliphatic heterocycles. The first kappa shape index (κ1) is 13.2. The Bertz CT molecular complexity index is 718. The molecule has 0 fully saturated rings. The van der Waals surface area contributed by atoms with Gasteiger partial charge in [-0.3, -0.25) is 4.79 Å². The summed E-state index contributed by atoms with van der Waals surface area (Å²) in [5, 5.41) is 10.6. The highest BCUT2D eigenvalue weighted by Gasteiger charge is 2.35. The molecule has 0 saturated heterocycles. The summed E-state index contributed by atoms with van der Waals surface area (Å²) in [6.45, 7) is 0. The summed E-state index contributed by atoms with van der Waals surface area (Å²) in [4.78, 5) is 12.3. The van der Waals surface area contributed by atoms with Gasteiger partial charge >= 0.3 is 0 Å². The van der Waals surface area contributed by atoms with Crippen LogP contribution in [0.15, 0.2) is 54.3 Å². The third-order valence-corrected chi connectivity index (χ3v) is 3.97. The average Bonchev–Trinajstić information content (AvgIpc) is 2.72. The SMILES string of the molecule is O=C1/C(=C/O)C(c2ccc(Cl)cc2)c2ccc(Cl)cc21. The van der Waals surface area contributed by atoms with Gasteiger partial charge in [0.05, 0.1) is 6.26 Å². The van der Waals surface area contributed by atoms with Crippen LogP contribution in [-0.4, -0.2) is 10.9 Å². The molecule has 0 aromatic heterocycles. The van der Waals surface area contributed by atoms with Gasteiger partial charge in [-0.2, -0.15) is 0 Å². The molecule has 0 amide bonds. The number of ketones is 1. The lowest BCUT2D eigenvalue weighted by Gasteiger charge is -2.12. The van der Waals surface area contributed by atoms with Crippen LogP contribution in [0.1, 0.15) is 27.4 Å². The molecule has 0 spiro atoms. The molecule has 3 rings (SSSR count). The zero-order valence-corrected chi connectivity index (χ0v) is 11.8. The number of halogens is 2. The minimum atomic E-state index is -0.281. The second-order valence-corrected chi connectivity index (χ2v) is 5.50. The van der Waals surface area contributed by atoms with E-state index in [0.29, 0.717) is 21.2 Å². The Balaban J connectivity index is 2.20. The first-order valence-electron chi connectivity index (χ1n) is 6.05. The van der Waals surface area contributed by atoms with Crippen LogP contribution in [0.3, 0.4) is 0 Å². The molecular formula is C16H10Cl2O2. The van der Waals surface area contributed by atoms with Crippen molar-refractivity contribution in [2.45, 2.75) is 5.92 Å². The van der Waals surface area contributed by atoms with Crippen molar-refractivity contribution >= 4 is 29.0 Å². The molecule has 1 aliphatic rings. The molecule has 20 heavy (non-hydrogen) atoms. The molecule has 0 heterocycles. The molecule has 2 aromatic carbocycles. The largest absolute Gasteiger partial charge is 0.515 e. The van der Waals surface area contributed by atoms with Crippen molar-refractivity contribution in [3.05, 3.63) is 81.0 Å². The fraction of sp³-hybridized carbons (Fsp3) is 0.0625. The van der Waals surface area contributed by atoms with Crippen molar-refractivity contribution < 1.29 is 9.90 Å². The summed E-state index contributed by atoms with van der Waals surface area (Å²) < 4.78 is 0.